The van der Waals surface area contributed by atoms with Crippen molar-refractivity contribution in [1.29, 1.82) is 0 Å². The first kappa shape index (κ1) is 14.9. The van der Waals surface area contributed by atoms with Gasteiger partial charge >= 0.3 is 0 Å². The van der Waals surface area contributed by atoms with Gasteiger partial charge in [0.25, 0.3) is 0 Å². The number of halogens is 2. The van der Waals surface area contributed by atoms with Crippen molar-refractivity contribution in [3.63, 3.8) is 0 Å². The highest BCUT2D eigenvalue weighted by molar-refractivity contribution is 7.21. The molecule has 0 spiro atoms. The summed E-state index contributed by atoms with van der Waals surface area (Å²) in [5.74, 6) is -1.23. The zero-order valence-electron chi connectivity index (χ0n) is 12.8. The van der Waals surface area contributed by atoms with E-state index in [1.165, 1.54) is 17.4 Å². The molecule has 2 aromatic carbocycles. The van der Waals surface area contributed by atoms with Crippen LogP contribution in [-0.2, 0) is 0 Å². The highest BCUT2D eigenvalue weighted by Gasteiger charge is 2.15. The largest absolute Gasteiger partial charge is 0.291 e. The van der Waals surface area contributed by atoms with Gasteiger partial charge in [-0.2, -0.15) is 0 Å². The molecule has 0 bridgehead atoms. The Kier molecular flexibility index (Phi) is 3.38. The van der Waals surface area contributed by atoms with E-state index < -0.39 is 11.6 Å². The minimum atomic E-state index is -0.786. The third kappa shape index (κ3) is 2.37. The van der Waals surface area contributed by atoms with Crippen LogP contribution in [0.15, 0.2) is 30.5 Å². The van der Waals surface area contributed by atoms with Crippen LogP contribution in [0.2, 0.25) is 0 Å². The summed E-state index contributed by atoms with van der Waals surface area (Å²) in [7, 11) is 0. The van der Waals surface area contributed by atoms with E-state index in [2.05, 4.69) is 19.9 Å². The third-order valence-electron chi connectivity index (χ3n) is 3.67. The predicted molar refractivity (Wildman–Crippen MR) is 89.3 cm³/mol. The van der Waals surface area contributed by atoms with Gasteiger partial charge < -0.3 is 0 Å². The summed E-state index contributed by atoms with van der Waals surface area (Å²) in [5, 5.41) is 0.673. The van der Waals surface area contributed by atoms with E-state index in [1.807, 2.05) is 26.0 Å². The lowest BCUT2D eigenvalue weighted by Gasteiger charge is -2.05. The topological polar surface area (TPSA) is 47.9 Å². The molecule has 7 heteroatoms. The molecule has 120 valence electrons. The first-order chi connectivity index (χ1) is 11.5. The Labute approximate surface area is 139 Å². The molecule has 2 aromatic heterocycles. The van der Waals surface area contributed by atoms with Crippen molar-refractivity contribution in [3.8, 4) is 16.3 Å². The number of hydrogen-bond acceptors (Lipinski definition) is 5. The fourth-order valence-corrected chi connectivity index (χ4v) is 3.62. The monoisotopic (exact) mass is 343 g/mol. The van der Waals surface area contributed by atoms with Crippen molar-refractivity contribution < 1.29 is 13.9 Å². The fraction of sp³-hybridized carbons (Fsp3) is 0.118. The van der Waals surface area contributed by atoms with Crippen molar-refractivity contribution in [3.05, 3.63) is 47.5 Å². The molecule has 0 fully saturated rings. The molecular formula is C17H11F2N3OS. The predicted octanol–water partition coefficient (Wildman–Crippen LogP) is 4.93. The molecule has 0 atom stereocenters. The molecule has 0 radical (unpaired) electrons. The molecule has 24 heavy (non-hydrogen) atoms. The molecule has 0 unspecified atom stereocenters. The molecule has 0 saturated carbocycles. The van der Waals surface area contributed by atoms with Gasteiger partial charge in [0.1, 0.15) is 5.01 Å². The number of nitrogens with zero attached hydrogens (tertiary/aromatic N) is 3. The van der Waals surface area contributed by atoms with E-state index >= 15 is 0 Å². The number of aryl methyl sites for hydroxylation is 2. The van der Waals surface area contributed by atoms with Crippen molar-refractivity contribution >= 4 is 32.6 Å². The highest BCUT2D eigenvalue weighted by Crippen LogP contribution is 2.36. The van der Waals surface area contributed by atoms with Crippen molar-refractivity contribution in [2.24, 2.45) is 0 Å². The fourth-order valence-electron chi connectivity index (χ4n) is 2.62. The molecule has 4 rings (SSSR count). The molecule has 4 aromatic rings. The molecule has 0 aliphatic rings. The van der Waals surface area contributed by atoms with Gasteiger partial charge in [-0.25, -0.2) is 14.4 Å². The summed E-state index contributed by atoms with van der Waals surface area (Å²) in [6.45, 7) is 3.85. The lowest BCUT2D eigenvalue weighted by Crippen LogP contribution is -1.91. The van der Waals surface area contributed by atoms with Crippen LogP contribution >= 0.6 is 11.3 Å². The third-order valence-corrected chi connectivity index (χ3v) is 4.72. The van der Waals surface area contributed by atoms with Crippen LogP contribution in [0.5, 0.6) is 5.75 Å². The van der Waals surface area contributed by atoms with Crippen molar-refractivity contribution in [2.75, 3.05) is 0 Å². The van der Waals surface area contributed by atoms with Gasteiger partial charge in [-0.05, 0) is 31.5 Å². The Morgan fingerprint density at radius 2 is 1.88 bits per heavy atom. The van der Waals surface area contributed by atoms with E-state index in [9.17, 15) is 8.92 Å². The zero-order chi connectivity index (χ0) is 16.8. The average molecular weight is 343 g/mol. The number of rotatable bonds is 2. The first-order valence-corrected chi connectivity index (χ1v) is 8.00. The van der Waals surface area contributed by atoms with Gasteiger partial charge in [-0.1, -0.05) is 0 Å². The molecule has 0 aliphatic heterocycles. The van der Waals surface area contributed by atoms with Gasteiger partial charge in [-0.3, -0.25) is 9.93 Å². The summed E-state index contributed by atoms with van der Waals surface area (Å²) in [6.07, 6.45) is 1.70. The van der Waals surface area contributed by atoms with Crippen LogP contribution in [-0.4, -0.2) is 15.0 Å². The summed E-state index contributed by atoms with van der Waals surface area (Å²) < 4.78 is 26.7. The number of benzene rings is 2. The number of aromatic nitrogens is 3. The minimum Gasteiger partial charge on any atom is -0.291 e. The second-order valence-corrected chi connectivity index (χ2v) is 6.57. The Morgan fingerprint density at radius 3 is 2.67 bits per heavy atom. The second kappa shape index (κ2) is 5.45. The number of hydrogen-bond donors (Lipinski definition) is 0. The lowest BCUT2D eigenvalue weighted by atomic mass is 10.1. The Hall–Kier alpha value is -2.67. The van der Waals surface area contributed by atoms with Gasteiger partial charge in [0.15, 0.2) is 5.82 Å². The maximum absolute atomic E-state index is 13.7. The van der Waals surface area contributed by atoms with Gasteiger partial charge in [0.05, 0.1) is 26.9 Å². The van der Waals surface area contributed by atoms with Crippen molar-refractivity contribution in [1.82, 2.24) is 15.0 Å². The van der Waals surface area contributed by atoms with E-state index in [0.717, 1.165) is 33.9 Å². The van der Waals surface area contributed by atoms with Gasteiger partial charge in [0.2, 0.25) is 5.75 Å². The summed E-state index contributed by atoms with van der Waals surface area (Å²) in [4.78, 5) is 17.0. The van der Waals surface area contributed by atoms with Gasteiger partial charge in [-0.15, -0.1) is 11.3 Å². The molecule has 0 saturated heterocycles. The van der Waals surface area contributed by atoms with Crippen LogP contribution in [0.25, 0.3) is 31.8 Å². The standard InChI is InChI=1S/C17H11F2N3OS/c1-8-3-10(16-13(4-8)21-9(2)7-20-16)17-22-12-5-11(18)14(23-19)6-15(12)24-17/h3-7H,1-2H3. The van der Waals surface area contributed by atoms with Crippen LogP contribution in [0, 0.1) is 19.7 Å². The van der Waals surface area contributed by atoms with E-state index in [-0.39, 0.29) is 0 Å². The SMILES string of the molecule is Cc1cc(-c2nc3cc(F)c(OF)cc3s2)c2ncc(C)nc2c1. The molecule has 4 nitrogen and oxygen atoms in total. The molecule has 0 N–H and O–H groups in total. The van der Waals surface area contributed by atoms with E-state index in [0.29, 0.717) is 15.2 Å². The average Bonchev–Trinajstić information content (AvgIpc) is 2.95. The van der Waals surface area contributed by atoms with Crippen LogP contribution in [0.4, 0.5) is 8.92 Å². The molecular weight excluding hydrogens is 332 g/mol. The smallest absolute Gasteiger partial charge is 0.209 e. The van der Waals surface area contributed by atoms with Crippen molar-refractivity contribution in [2.45, 2.75) is 13.8 Å². The van der Waals surface area contributed by atoms with Crippen LogP contribution < -0.4 is 4.94 Å². The number of fused-ring (bicyclic) bond motifs is 2. The molecule has 0 amide bonds. The first-order valence-electron chi connectivity index (χ1n) is 7.18. The van der Waals surface area contributed by atoms with Gasteiger partial charge in [0, 0.05) is 28.4 Å². The van der Waals surface area contributed by atoms with E-state index in [4.69, 9.17) is 0 Å². The number of thiazole rings is 1. The van der Waals surface area contributed by atoms with E-state index in [1.54, 1.807) is 6.20 Å². The van der Waals surface area contributed by atoms with Crippen LogP contribution in [0.1, 0.15) is 11.3 Å². The highest BCUT2D eigenvalue weighted by atomic mass is 32.1. The van der Waals surface area contributed by atoms with Crippen LogP contribution in [0.3, 0.4) is 0 Å². The zero-order valence-corrected chi connectivity index (χ0v) is 13.6. The second-order valence-electron chi connectivity index (χ2n) is 5.54. The lowest BCUT2D eigenvalue weighted by molar-refractivity contribution is -0.0104. The Balaban J connectivity index is 1.98. The Morgan fingerprint density at radius 1 is 1.04 bits per heavy atom. The Bertz CT molecular complexity index is 1090. The summed E-state index contributed by atoms with van der Waals surface area (Å²) >= 11 is 1.32. The minimum absolute atomic E-state index is 0.442. The maximum Gasteiger partial charge on any atom is 0.209 e. The normalized spacial score (nSPS) is 11.3. The summed E-state index contributed by atoms with van der Waals surface area (Å²) in [6, 6.07) is 6.39. The summed E-state index contributed by atoms with van der Waals surface area (Å²) in [5.41, 5.74) is 4.63. The molecule has 0 aliphatic carbocycles. The quantitative estimate of drug-likeness (QED) is 0.518. The molecule has 2 heterocycles. The maximum atomic E-state index is 13.7.